The van der Waals surface area contributed by atoms with E-state index in [1.54, 1.807) is 0 Å². The Hall–Kier alpha value is -2.75. The van der Waals surface area contributed by atoms with Crippen molar-refractivity contribution in [1.82, 2.24) is 0 Å². The normalized spacial score (nSPS) is 11.7. The number of benzene rings is 2. The van der Waals surface area contributed by atoms with E-state index in [0.717, 1.165) is 48.5 Å². The lowest BCUT2D eigenvalue weighted by molar-refractivity contribution is -0.929. The number of sulfone groups is 1. The van der Waals surface area contributed by atoms with Gasteiger partial charge in [0.25, 0.3) is 0 Å². The number of hydrogen-bond acceptors (Lipinski definition) is 6. The van der Waals surface area contributed by atoms with Crippen molar-refractivity contribution >= 4 is 21.8 Å². The summed E-state index contributed by atoms with van der Waals surface area (Å²) < 4.78 is 27.4. The fourth-order valence-corrected chi connectivity index (χ4v) is 9.86. The van der Waals surface area contributed by atoms with Crippen LogP contribution in [0.1, 0.15) is 230 Å². The lowest BCUT2D eigenvalue weighted by Crippen LogP contribution is -2.50. The molecule has 0 heterocycles. The minimum Gasteiger partial charge on any atom is -0.545 e. The number of quaternary nitrogens is 2. The van der Waals surface area contributed by atoms with E-state index in [9.17, 15) is 28.2 Å². The third kappa shape index (κ3) is 26.7. The topological polar surface area (TPSA) is 114 Å². The second kappa shape index (κ2) is 37.5. The van der Waals surface area contributed by atoms with Crippen molar-refractivity contribution in [2.45, 2.75) is 219 Å². The van der Waals surface area contributed by atoms with Crippen LogP contribution in [0, 0.1) is 0 Å². The standard InChI is InChI=1S/2C20H44N.C14H10O6S/c2*1-5-9-13-17-21(18-14-10-6-2,19-15-11-7-3)20-16-12-8-4;15-13(16)9-1-5-11(6-2-9)21(19,20)12-7-3-10(4-8-12)14(17)18/h2*5-20H2,1-4H3;1-8H,(H,15,16)(H,17,18)/q2*+1;/p-2. The monoisotopic (exact) mass is 901 g/mol. The van der Waals surface area contributed by atoms with Crippen LogP contribution in [0.5, 0.6) is 0 Å². The molecule has 0 aliphatic carbocycles. The molecule has 0 aliphatic rings. The molecular weight excluding hydrogens is 805 g/mol. The average molecular weight is 901 g/mol. The number of hydrogen-bond donors (Lipinski definition) is 0. The van der Waals surface area contributed by atoms with E-state index < -0.39 is 21.8 Å². The largest absolute Gasteiger partial charge is 0.545 e. The number of carbonyl (C=O) groups is 2. The third-order valence-corrected chi connectivity index (χ3v) is 14.5. The Morgan fingerprint density at radius 2 is 0.524 bits per heavy atom. The summed E-state index contributed by atoms with van der Waals surface area (Å²) in [5.41, 5.74) is -0.275. The Labute approximate surface area is 388 Å². The van der Waals surface area contributed by atoms with Gasteiger partial charge in [0.2, 0.25) is 9.84 Å². The van der Waals surface area contributed by atoms with E-state index in [-0.39, 0.29) is 20.9 Å². The lowest BCUT2D eigenvalue weighted by Gasteiger charge is -2.39. The first kappa shape index (κ1) is 60.2. The van der Waals surface area contributed by atoms with Crippen molar-refractivity contribution in [2.24, 2.45) is 0 Å². The molecule has 2 aromatic rings. The highest BCUT2D eigenvalue weighted by atomic mass is 32.2. The van der Waals surface area contributed by atoms with Gasteiger partial charge in [-0.1, -0.05) is 131 Å². The molecule has 0 amide bonds. The van der Waals surface area contributed by atoms with Crippen LogP contribution in [-0.4, -0.2) is 81.7 Å². The SMILES string of the molecule is CCCCC[N+](CCCCC)(CCCCC)CCCCC.CCCCC[N+](CCCCC)(CCCCC)CCCCC.O=C([O-])c1ccc(S(=O)(=O)c2ccc(C(=O)[O-])cc2)cc1. The zero-order valence-electron chi connectivity index (χ0n) is 42.0. The third-order valence-electron chi connectivity index (χ3n) is 12.7. The van der Waals surface area contributed by atoms with E-state index in [1.165, 1.54) is 215 Å². The fraction of sp³-hybridized carbons (Fsp3) is 0.741. The van der Waals surface area contributed by atoms with Crippen molar-refractivity contribution in [3.05, 3.63) is 59.7 Å². The van der Waals surface area contributed by atoms with Gasteiger partial charge in [0, 0.05) is 0 Å². The summed E-state index contributed by atoms with van der Waals surface area (Å²) in [6.45, 7) is 30.3. The van der Waals surface area contributed by atoms with Crippen LogP contribution in [0.2, 0.25) is 0 Å². The Bertz CT molecular complexity index is 1310. The van der Waals surface area contributed by atoms with Crippen LogP contribution in [0.3, 0.4) is 0 Å². The summed E-state index contributed by atoms with van der Waals surface area (Å²) in [5.74, 6) is -2.81. The average Bonchev–Trinajstić information content (AvgIpc) is 3.27. The molecule has 0 fully saturated rings. The molecular formula is C54H96N2O6S. The van der Waals surface area contributed by atoms with Crippen molar-refractivity contribution in [3.63, 3.8) is 0 Å². The molecule has 2 aromatic carbocycles. The maximum Gasteiger partial charge on any atom is 0.206 e. The van der Waals surface area contributed by atoms with E-state index in [0.29, 0.717) is 0 Å². The molecule has 364 valence electrons. The van der Waals surface area contributed by atoms with Gasteiger partial charge in [-0.3, -0.25) is 0 Å². The first-order chi connectivity index (χ1) is 30.3. The van der Waals surface area contributed by atoms with Crippen LogP contribution in [0.4, 0.5) is 0 Å². The first-order valence-corrected chi connectivity index (χ1v) is 27.4. The van der Waals surface area contributed by atoms with Gasteiger partial charge in [-0.25, -0.2) is 8.42 Å². The fourth-order valence-electron chi connectivity index (χ4n) is 8.60. The van der Waals surface area contributed by atoms with Gasteiger partial charge in [-0.05, 0) is 138 Å². The summed E-state index contributed by atoms with van der Waals surface area (Å²) in [4.78, 5) is 21.0. The minimum atomic E-state index is -3.85. The molecule has 0 spiro atoms. The highest BCUT2D eigenvalue weighted by Gasteiger charge is 2.27. The summed E-state index contributed by atoms with van der Waals surface area (Å²) in [5, 5.41) is 21.2. The van der Waals surface area contributed by atoms with Crippen LogP contribution >= 0.6 is 0 Å². The van der Waals surface area contributed by atoms with Gasteiger partial charge >= 0.3 is 0 Å². The number of rotatable bonds is 36. The van der Waals surface area contributed by atoms with Gasteiger partial charge in [-0.15, -0.1) is 0 Å². The Kier molecular flexibility index (Phi) is 35.8. The van der Waals surface area contributed by atoms with Gasteiger partial charge in [0.15, 0.2) is 0 Å². The molecule has 0 saturated carbocycles. The zero-order valence-corrected chi connectivity index (χ0v) is 42.8. The lowest BCUT2D eigenvalue weighted by atomic mass is 10.1. The van der Waals surface area contributed by atoms with Gasteiger partial charge < -0.3 is 28.8 Å². The molecule has 8 nitrogen and oxygen atoms in total. The number of aromatic carboxylic acids is 2. The molecule has 63 heavy (non-hydrogen) atoms. The van der Waals surface area contributed by atoms with Crippen LogP contribution in [0.25, 0.3) is 0 Å². The molecule has 0 aromatic heterocycles. The first-order valence-electron chi connectivity index (χ1n) is 25.9. The number of carboxylic acid groups (broad SMARTS) is 2. The molecule has 0 aliphatic heterocycles. The Balaban J connectivity index is 0.000000915. The van der Waals surface area contributed by atoms with E-state index >= 15 is 0 Å². The number of carboxylic acids is 2. The van der Waals surface area contributed by atoms with E-state index in [4.69, 9.17) is 0 Å². The van der Waals surface area contributed by atoms with Crippen molar-refractivity contribution in [3.8, 4) is 0 Å². The molecule has 9 heteroatoms. The maximum atomic E-state index is 12.3. The summed E-state index contributed by atoms with van der Waals surface area (Å²) in [7, 11) is -3.85. The Morgan fingerprint density at radius 3 is 0.667 bits per heavy atom. The Morgan fingerprint density at radius 1 is 0.349 bits per heavy atom. The van der Waals surface area contributed by atoms with Crippen molar-refractivity contribution in [2.75, 3.05) is 52.4 Å². The summed E-state index contributed by atoms with van der Waals surface area (Å²) in [6, 6.07) is 9.07. The summed E-state index contributed by atoms with van der Waals surface area (Å²) in [6.07, 6.45) is 33.8. The zero-order chi connectivity index (χ0) is 47.2. The predicted molar refractivity (Wildman–Crippen MR) is 263 cm³/mol. The van der Waals surface area contributed by atoms with Crippen LogP contribution < -0.4 is 10.2 Å². The number of unbranched alkanes of at least 4 members (excludes halogenated alkanes) is 16. The van der Waals surface area contributed by atoms with Gasteiger partial charge in [0.05, 0.1) is 74.1 Å². The smallest absolute Gasteiger partial charge is 0.206 e. The molecule has 0 radical (unpaired) electrons. The van der Waals surface area contributed by atoms with Crippen LogP contribution in [0.15, 0.2) is 58.3 Å². The molecule has 0 bridgehead atoms. The second-order valence-corrected chi connectivity index (χ2v) is 20.2. The van der Waals surface area contributed by atoms with E-state index in [2.05, 4.69) is 55.4 Å². The molecule has 2 rings (SSSR count). The number of carbonyl (C=O) groups excluding carboxylic acids is 2. The van der Waals surface area contributed by atoms with Crippen LogP contribution in [-0.2, 0) is 9.84 Å². The predicted octanol–water partition coefficient (Wildman–Crippen LogP) is 12.4. The maximum absolute atomic E-state index is 12.3. The van der Waals surface area contributed by atoms with Crippen molar-refractivity contribution in [1.29, 1.82) is 0 Å². The van der Waals surface area contributed by atoms with Crippen molar-refractivity contribution < 1.29 is 37.2 Å². The van der Waals surface area contributed by atoms with Gasteiger partial charge in [-0.2, -0.15) is 0 Å². The second-order valence-electron chi connectivity index (χ2n) is 18.3. The highest BCUT2D eigenvalue weighted by molar-refractivity contribution is 7.91. The van der Waals surface area contributed by atoms with Gasteiger partial charge in [0.1, 0.15) is 0 Å². The quantitative estimate of drug-likeness (QED) is 0.0497. The molecule has 0 atom stereocenters. The highest BCUT2D eigenvalue weighted by Crippen LogP contribution is 2.23. The minimum absolute atomic E-state index is 0.103. The molecule has 0 saturated heterocycles. The van der Waals surface area contributed by atoms with E-state index in [1.807, 2.05) is 0 Å². The summed E-state index contributed by atoms with van der Waals surface area (Å²) >= 11 is 0. The molecule has 0 N–H and O–H groups in total. The number of nitrogens with zero attached hydrogens (tertiary/aromatic N) is 2. The molecule has 0 unspecified atom stereocenters.